The van der Waals surface area contributed by atoms with Gasteiger partial charge in [0.2, 0.25) is 0 Å². The van der Waals surface area contributed by atoms with Crippen molar-refractivity contribution < 1.29 is 0 Å². The normalized spacial score (nSPS) is 21.8. The second kappa shape index (κ2) is 4.05. The van der Waals surface area contributed by atoms with E-state index in [1.165, 1.54) is 12.8 Å². The van der Waals surface area contributed by atoms with Crippen LogP contribution in [0.25, 0.3) is 0 Å². The third-order valence-corrected chi connectivity index (χ3v) is 2.66. The van der Waals surface area contributed by atoms with Gasteiger partial charge in [-0.15, -0.1) is 0 Å². The summed E-state index contributed by atoms with van der Waals surface area (Å²) in [6.07, 6.45) is 4.28. The third kappa shape index (κ3) is 1.93. The molecule has 1 aliphatic heterocycles. The summed E-state index contributed by atoms with van der Waals surface area (Å²) in [4.78, 5) is 8.91. The largest absolute Gasteiger partial charge is 0.307 e. The molecule has 0 saturated carbocycles. The van der Waals surface area contributed by atoms with E-state index in [2.05, 4.69) is 29.1 Å². The number of hydrogen-bond acceptors (Lipinski definition) is 3. The van der Waals surface area contributed by atoms with Crippen LogP contribution in [0.1, 0.15) is 50.2 Å². The van der Waals surface area contributed by atoms with Crippen LogP contribution in [0.5, 0.6) is 0 Å². The summed E-state index contributed by atoms with van der Waals surface area (Å²) in [5.74, 6) is 1.45. The molecule has 1 atom stereocenters. The van der Waals surface area contributed by atoms with Crippen molar-refractivity contribution in [2.75, 3.05) is 6.54 Å². The average molecular weight is 191 g/mol. The minimum absolute atomic E-state index is 0.383. The fraction of sp³-hybridized carbons (Fsp3) is 0.636. The maximum absolute atomic E-state index is 4.58. The summed E-state index contributed by atoms with van der Waals surface area (Å²) in [6.45, 7) is 5.42. The molecular formula is C11H17N3. The molecule has 1 aromatic heterocycles. The Morgan fingerprint density at radius 2 is 2.36 bits per heavy atom. The minimum Gasteiger partial charge on any atom is -0.307 e. The van der Waals surface area contributed by atoms with Gasteiger partial charge in [0.25, 0.3) is 0 Å². The third-order valence-electron chi connectivity index (χ3n) is 2.66. The Morgan fingerprint density at radius 3 is 3.00 bits per heavy atom. The first-order valence-corrected chi connectivity index (χ1v) is 5.33. The van der Waals surface area contributed by atoms with Gasteiger partial charge in [-0.25, -0.2) is 9.97 Å². The molecule has 0 amide bonds. The van der Waals surface area contributed by atoms with Gasteiger partial charge in [0.05, 0.1) is 6.04 Å². The first-order chi connectivity index (χ1) is 6.77. The molecule has 1 unspecified atom stereocenters. The fourth-order valence-corrected chi connectivity index (χ4v) is 1.78. The number of nitrogens with one attached hydrogen (secondary N) is 1. The van der Waals surface area contributed by atoms with Gasteiger partial charge in [0, 0.05) is 11.9 Å². The summed E-state index contributed by atoms with van der Waals surface area (Å²) >= 11 is 0. The van der Waals surface area contributed by atoms with Crippen molar-refractivity contribution in [2.45, 2.75) is 38.6 Å². The van der Waals surface area contributed by atoms with Crippen molar-refractivity contribution in [1.82, 2.24) is 15.3 Å². The second-order valence-corrected chi connectivity index (χ2v) is 4.14. The van der Waals surface area contributed by atoms with E-state index in [4.69, 9.17) is 0 Å². The van der Waals surface area contributed by atoms with E-state index in [-0.39, 0.29) is 0 Å². The van der Waals surface area contributed by atoms with Crippen LogP contribution >= 0.6 is 0 Å². The van der Waals surface area contributed by atoms with Gasteiger partial charge in [-0.05, 0) is 31.4 Å². The monoisotopic (exact) mass is 191 g/mol. The first-order valence-electron chi connectivity index (χ1n) is 5.33. The Kier molecular flexibility index (Phi) is 2.77. The maximum Gasteiger partial charge on any atom is 0.145 e. The quantitative estimate of drug-likeness (QED) is 0.777. The molecule has 14 heavy (non-hydrogen) atoms. The van der Waals surface area contributed by atoms with E-state index >= 15 is 0 Å². The van der Waals surface area contributed by atoms with Gasteiger partial charge in [-0.1, -0.05) is 13.8 Å². The zero-order valence-electron chi connectivity index (χ0n) is 8.83. The van der Waals surface area contributed by atoms with Crippen LogP contribution in [-0.4, -0.2) is 16.5 Å². The Morgan fingerprint density at radius 1 is 1.50 bits per heavy atom. The molecule has 0 spiro atoms. The highest BCUT2D eigenvalue weighted by molar-refractivity contribution is 5.09. The van der Waals surface area contributed by atoms with Gasteiger partial charge < -0.3 is 5.32 Å². The molecule has 3 nitrogen and oxygen atoms in total. The lowest BCUT2D eigenvalue weighted by atomic mass is 10.1. The van der Waals surface area contributed by atoms with Crippen molar-refractivity contribution in [1.29, 1.82) is 0 Å². The summed E-state index contributed by atoms with van der Waals surface area (Å²) < 4.78 is 0. The zero-order valence-corrected chi connectivity index (χ0v) is 8.83. The Labute approximate surface area is 85.0 Å². The van der Waals surface area contributed by atoms with E-state index in [0.29, 0.717) is 12.0 Å². The predicted octanol–water partition coefficient (Wildman–Crippen LogP) is 2.02. The molecule has 1 saturated heterocycles. The first kappa shape index (κ1) is 9.59. The van der Waals surface area contributed by atoms with Crippen LogP contribution in [0.3, 0.4) is 0 Å². The predicted molar refractivity (Wildman–Crippen MR) is 56.1 cm³/mol. The van der Waals surface area contributed by atoms with Gasteiger partial charge in [0.15, 0.2) is 0 Å². The molecule has 76 valence electrons. The van der Waals surface area contributed by atoms with Gasteiger partial charge in [0.1, 0.15) is 5.82 Å². The van der Waals surface area contributed by atoms with Crippen molar-refractivity contribution in [3.05, 3.63) is 23.8 Å². The van der Waals surface area contributed by atoms with E-state index in [9.17, 15) is 0 Å². The molecule has 0 bridgehead atoms. The Bertz CT molecular complexity index is 303. The van der Waals surface area contributed by atoms with E-state index in [0.717, 1.165) is 18.1 Å². The number of aromatic nitrogens is 2. The highest BCUT2D eigenvalue weighted by Gasteiger charge is 2.19. The average Bonchev–Trinajstić information content (AvgIpc) is 2.71. The van der Waals surface area contributed by atoms with Gasteiger partial charge in [-0.2, -0.15) is 0 Å². The van der Waals surface area contributed by atoms with Crippen LogP contribution < -0.4 is 5.32 Å². The van der Waals surface area contributed by atoms with Crippen LogP contribution in [0.4, 0.5) is 0 Å². The molecule has 0 radical (unpaired) electrons. The van der Waals surface area contributed by atoms with E-state index in [1.807, 2.05) is 12.3 Å². The molecular weight excluding hydrogens is 174 g/mol. The zero-order chi connectivity index (χ0) is 9.97. The smallest absolute Gasteiger partial charge is 0.145 e. The highest BCUT2D eigenvalue weighted by atomic mass is 15.0. The molecule has 1 fully saturated rings. The van der Waals surface area contributed by atoms with Crippen molar-refractivity contribution in [3.8, 4) is 0 Å². The molecule has 3 heteroatoms. The lowest BCUT2D eigenvalue weighted by Crippen LogP contribution is -2.16. The van der Waals surface area contributed by atoms with E-state index in [1.54, 1.807) is 0 Å². The molecule has 0 aromatic carbocycles. The van der Waals surface area contributed by atoms with Crippen LogP contribution in [-0.2, 0) is 0 Å². The molecule has 0 aliphatic carbocycles. The molecule has 1 aromatic rings. The SMILES string of the molecule is CC(C)c1ccnc(C2CCCN2)n1. The minimum atomic E-state index is 0.383. The van der Waals surface area contributed by atoms with Crippen LogP contribution in [0.2, 0.25) is 0 Å². The lowest BCUT2D eigenvalue weighted by molar-refractivity contribution is 0.596. The Hall–Kier alpha value is -0.960. The summed E-state index contributed by atoms with van der Waals surface area (Å²) in [5, 5.41) is 3.41. The molecule has 1 N–H and O–H groups in total. The van der Waals surface area contributed by atoms with Crippen molar-refractivity contribution in [2.24, 2.45) is 0 Å². The molecule has 2 heterocycles. The van der Waals surface area contributed by atoms with Crippen molar-refractivity contribution in [3.63, 3.8) is 0 Å². The second-order valence-electron chi connectivity index (χ2n) is 4.14. The highest BCUT2D eigenvalue weighted by Crippen LogP contribution is 2.20. The Balaban J connectivity index is 2.21. The topological polar surface area (TPSA) is 37.8 Å². The molecule has 2 rings (SSSR count). The number of rotatable bonds is 2. The number of nitrogens with zero attached hydrogens (tertiary/aromatic N) is 2. The van der Waals surface area contributed by atoms with Crippen molar-refractivity contribution >= 4 is 0 Å². The van der Waals surface area contributed by atoms with E-state index < -0.39 is 0 Å². The van der Waals surface area contributed by atoms with Crippen LogP contribution in [0, 0.1) is 0 Å². The van der Waals surface area contributed by atoms with Gasteiger partial charge in [-0.3, -0.25) is 0 Å². The summed E-state index contributed by atoms with van der Waals surface area (Å²) in [6, 6.07) is 2.39. The lowest BCUT2D eigenvalue weighted by Gasteiger charge is -2.11. The summed E-state index contributed by atoms with van der Waals surface area (Å²) in [5.41, 5.74) is 1.14. The fourth-order valence-electron chi connectivity index (χ4n) is 1.78. The van der Waals surface area contributed by atoms with Crippen LogP contribution in [0.15, 0.2) is 12.3 Å². The standard InChI is InChI=1S/C11H17N3/c1-8(2)9-5-7-13-11(14-9)10-4-3-6-12-10/h5,7-8,10,12H,3-4,6H2,1-2H3. The van der Waals surface area contributed by atoms with Gasteiger partial charge >= 0.3 is 0 Å². The maximum atomic E-state index is 4.58. The number of hydrogen-bond donors (Lipinski definition) is 1. The summed E-state index contributed by atoms with van der Waals surface area (Å²) in [7, 11) is 0. The molecule has 1 aliphatic rings.